The van der Waals surface area contributed by atoms with Gasteiger partial charge in [-0.05, 0) is 25.7 Å². The number of aliphatic hydroxyl groups is 1. The van der Waals surface area contributed by atoms with Crippen molar-refractivity contribution in [2.45, 2.75) is 95.9 Å². The highest BCUT2D eigenvalue weighted by atomic mass is 16.6. The van der Waals surface area contributed by atoms with Crippen molar-refractivity contribution < 1.29 is 19.4 Å². The molecule has 0 aromatic carbocycles. The predicted octanol–water partition coefficient (Wildman–Crippen LogP) is 3.60. The lowest BCUT2D eigenvalue weighted by Gasteiger charge is -2.01. The Morgan fingerprint density at radius 2 is 1.91 bits per heavy atom. The standard InChI is InChI=1S/C19H32O4/c1-3-4-8-11-16(20)14-15-18-17(23-18)12-9-6-5-7-10-13-19(21)22-2/h16-18,20H,3-13H2,1-2H3. The van der Waals surface area contributed by atoms with Crippen LogP contribution in [0.2, 0.25) is 0 Å². The van der Waals surface area contributed by atoms with Crippen LogP contribution in [-0.4, -0.2) is 36.5 Å². The van der Waals surface area contributed by atoms with Crippen LogP contribution in [-0.2, 0) is 14.3 Å². The molecular formula is C19H32O4. The fourth-order valence-corrected chi connectivity index (χ4v) is 2.57. The van der Waals surface area contributed by atoms with Gasteiger partial charge in [-0.2, -0.15) is 0 Å². The third-order valence-electron chi connectivity index (χ3n) is 4.15. The van der Waals surface area contributed by atoms with E-state index in [1.54, 1.807) is 0 Å². The molecule has 0 saturated carbocycles. The maximum atomic E-state index is 10.9. The molecule has 1 N–H and O–H groups in total. The van der Waals surface area contributed by atoms with Crippen molar-refractivity contribution in [3.8, 4) is 11.8 Å². The molecule has 1 aliphatic heterocycles. The van der Waals surface area contributed by atoms with E-state index in [2.05, 4.69) is 23.5 Å². The molecule has 0 amide bonds. The van der Waals surface area contributed by atoms with Crippen molar-refractivity contribution in [3.63, 3.8) is 0 Å². The van der Waals surface area contributed by atoms with Crippen LogP contribution in [0.4, 0.5) is 0 Å². The molecule has 0 bridgehead atoms. The minimum atomic E-state index is -0.499. The normalized spacial score (nSPS) is 20.5. The average molecular weight is 324 g/mol. The van der Waals surface area contributed by atoms with Gasteiger partial charge in [0.1, 0.15) is 12.2 Å². The van der Waals surface area contributed by atoms with E-state index < -0.39 is 6.10 Å². The van der Waals surface area contributed by atoms with Crippen LogP contribution in [0.5, 0.6) is 0 Å². The minimum Gasteiger partial charge on any atom is -0.469 e. The van der Waals surface area contributed by atoms with Gasteiger partial charge in [0.05, 0.1) is 13.2 Å². The van der Waals surface area contributed by atoms with Crippen LogP contribution < -0.4 is 0 Å². The fraction of sp³-hybridized carbons (Fsp3) is 0.842. The number of hydrogen-bond acceptors (Lipinski definition) is 4. The molecule has 0 spiro atoms. The number of methoxy groups -OCH3 is 1. The van der Waals surface area contributed by atoms with Gasteiger partial charge in [0.25, 0.3) is 0 Å². The first-order valence-electron chi connectivity index (χ1n) is 9.08. The number of hydrogen-bond donors (Lipinski definition) is 1. The third kappa shape index (κ3) is 10.4. The molecule has 3 atom stereocenters. The summed E-state index contributed by atoms with van der Waals surface area (Å²) in [5.74, 6) is 5.83. The summed E-state index contributed by atoms with van der Waals surface area (Å²) in [5, 5.41) is 9.73. The van der Waals surface area contributed by atoms with E-state index in [0.717, 1.165) is 57.8 Å². The van der Waals surface area contributed by atoms with E-state index in [4.69, 9.17) is 4.74 Å². The van der Waals surface area contributed by atoms with Crippen molar-refractivity contribution in [1.82, 2.24) is 0 Å². The summed E-state index contributed by atoms with van der Waals surface area (Å²) >= 11 is 0. The molecule has 0 aromatic rings. The van der Waals surface area contributed by atoms with Crippen LogP contribution in [0.15, 0.2) is 0 Å². The highest BCUT2D eigenvalue weighted by molar-refractivity contribution is 5.68. The first-order valence-corrected chi connectivity index (χ1v) is 9.08. The molecular weight excluding hydrogens is 292 g/mol. The van der Waals surface area contributed by atoms with Crippen molar-refractivity contribution in [2.75, 3.05) is 7.11 Å². The summed E-state index contributed by atoms with van der Waals surface area (Å²) in [5.41, 5.74) is 0. The molecule has 1 heterocycles. The number of esters is 1. The molecule has 1 aliphatic rings. The first-order chi connectivity index (χ1) is 11.2. The number of carbonyl (C=O) groups is 1. The van der Waals surface area contributed by atoms with Gasteiger partial charge in [-0.15, -0.1) is 0 Å². The molecule has 23 heavy (non-hydrogen) atoms. The van der Waals surface area contributed by atoms with Gasteiger partial charge >= 0.3 is 5.97 Å². The molecule has 0 radical (unpaired) electrons. The number of unbranched alkanes of at least 4 members (excludes halogenated alkanes) is 6. The van der Waals surface area contributed by atoms with Gasteiger partial charge in [0.2, 0.25) is 0 Å². The number of ether oxygens (including phenoxy) is 2. The Hall–Kier alpha value is -1.05. The zero-order valence-electron chi connectivity index (χ0n) is 14.7. The van der Waals surface area contributed by atoms with Gasteiger partial charge in [-0.25, -0.2) is 0 Å². The summed E-state index contributed by atoms with van der Waals surface area (Å²) in [4.78, 5) is 10.9. The molecule has 1 saturated heterocycles. The van der Waals surface area contributed by atoms with E-state index in [1.165, 1.54) is 13.5 Å². The molecule has 1 rings (SSSR count). The van der Waals surface area contributed by atoms with Gasteiger partial charge in [-0.3, -0.25) is 4.79 Å². The van der Waals surface area contributed by atoms with Crippen molar-refractivity contribution in [3.05, 3.63) is 0 Å². The van der Waals surface area contributed by atoms with Crippen LogP contribution in [0.1, 0.15) is 77.6 Å². The number of epoxide rings is 1. The molecule has 4 nitrogen and oxygen atoms in total. The maximum Gasteiger partial charge on any atom is 0.305 e. The Bertz CT molecular complexity index is 383. The fourth-order valence-electron chi connectivity index (χ4n) is 2.57. The Morgan fingerprint density at radius 1 is 1.17 bits per heavy atom. The molecule has 3 unspecified atom stereocenters. The van der Waals surface area contributed by atoms with Gasteiger partial charge in [-0.1, -0.05) is 57.3 Å². The van der Waals surface area contributed by atoms with Crippen molar-refractivity contribution in [2.24, 2.45) is 0 Å². The Labute approximate surface area is 140 Å². The molecule has 0 aromatic heterocycles. The monoisotopic (exact) mass is 324 g/mol. The molecule has 0 aliphatic carbocycles. The number of rotatable bonds is 12. The van der Waals surface area contributed by atoms with E-state index in [1.807, 2.05) is 0 Å². The van der Waals surface area contributed by atoms with E-state index in [0.29, 0.717) is 6.42 Å². The van der Waals surface area contributed by atoms with E-state index in [9.17, 15) is 9.90 Å². The Kier molecular flexibility index (Phi) is 10.8. The zero-order chi connectivity index (χ0) is 16.9. The maximum absolute atomic E-state index is 10.9. The summed E-state index contributed by atoms with van der Waals surface area (Å²) in [7, 11) is 1.43. The lowest BCUT2D eigenvalue weighted by Crippen LogP contribution is -2.03. The van der Waals surface area contributed by atoms with Crippen molar-refractivity contribution >= 4 is 5.97 Å². The minimum absolute atomic E-state index is 0.0372. The largest absolute Gasteiger partial charge is 0.469 e. The summed E-state index contributed by atoms with van der Waals surface area (Å²) in [6, 6.07) is 0. The second-order valence-electron chi connectivity index (χ2n) is 6.28. The van der Waals surface area contributed by atoms with Gasteiger partial charge < -0.3 is 14.6 Å². The SMILES string of the molecule is CCCCCC(O)C#CC1OC1CCCCCCCC(=O)OC. The van der Waals surface area contributed by atoms with Gasteiger partial charge in [0.15, 0.2) is 0 Å². The lowest BCUT2D eigenvalue weighted by molar-refractivity contribution is -0.140. The number of carbonyl (C=O) groups excluding carboxylic acids is 1. The second-order valence-corrected chi connectivity index (χ2v) is 6.28. The van der Waals surface area contributed by atoms with E-state index >= 15 is 0 Å². The first kappa shape index (κ1) is 20.0. The average Bonchev–Trinajstić information content (AvgIpc) is 3.30. The van der Waals surface area contributed by atoms with Crippen LogP contribution in [0.3, 0.4) is 0 Å². The van der Waals surface area contributed by atoms with E-state index in [-0.39, 0.29) is 18.2 Å². The van der Waals surface area contributed by atoms with Crippen LogP contribution >= 0.6 is 0 Å². The second kappa shape index (κ2) is 12.4. The highest BCUT2D eigenvalue weighted by Gasteiger charge is 2.36. The summed E-state index contributed by atoms with van der Waals surface area (Å²) < 4.78 is 10.1. The molecule has 132 valence electrons. The molecule has 1 fully saturated rings. The number of aliphatic hydroxyl groups excluding tert-OH is 1. The van der Waals surface area contributed by atoms with Crippen LogP contribution in [0, 0.1) is 11.8 Å². The quantitative estimate of drug-likeness (QED) is 0.258. The Morgan fingerprint density at radius 3 is 2.65 bits per heavy atom. The lowest BCUT2D eigenvalue weighted by atomic mass is 10.1. The summed E-state index contributed by atoms with van der Waals surface area (Å²) in [6.45, 7) is 2.15. The Balaban J connectivity index is 1.94. The molecule has 4 heteroatoms. The van der Waals surface area contributed by atoms with Crippen molar-refractivity contribution in [1.29, 1.82) is 0 Å². The highest BCUT2D eigenvalue weighted by Crippen LogP contribution is 2.27. The third-order valence-corrected chi connectivity index (χ3v) is 4.15. The predicted molar refractivity (Wildman–Crippen MR) is 90.9 cm³/mol. The zero-order valence-corrected chi connectivity index (χ0v) is 14.7. The smallest absolute Gasteiger partial charge is 0.305 e. The van der Waals surface area contributed by atoms with Gasteiger partial charge in [0, 0.05) is 6.42 Å². The summed E-state index contributed by atoms with van der Waals surface area (Å²) in [6.07, 6.45) is 10.9. The topological polar surface area (TPSA) is 59.1 Å². The van der Waals surface area contributed by atoms with Crippen LogP contribution in [0.25, 0.3) is 0 Å².